The summed E-state index contributed by atoms with van der Waals surface area (Å²) in [5, 5.41) is 0. The molecule has 0 spiro atoms. The van der Waals surface area contributed by atoms with Gasteiger partial charge in [0, 0.05) is 11.9 Å². The Hall–Kier alpha value is -1.91. The number of carbonyl (C=O) groups excluding carboxylic acids is 1. The van der Waals surface area contributed by atoms with Crippen molar-refractivity contribution >= 4 is 11.6 Å². The predicted molar refractivity (Wildman–Crippen MR) is 70.2 cm³/mol. The fourth-order valence-corrected chi connectivity index (χ4v) is 2.43. The van der Waals surface area contributed by atoms with Gasteiger partial charge in [-0.15, -0.1) is 0 Å². The fraction of sp³-hybridized carbons (Fsp3) is 0.429. The van der Waals surface area contributed by atoms with Crippen molar-refractivity contribution in [1.82, 2.24) is 14.3 Å². The van der Waals surface area contributed by atoms with Crippen LogP contribution in [-0.4, -0.2) is 39.5 Å². The molecule has 100 valence electrons. The van der Waals surface area contributed by atoms with Crippen LogP contribution in [0.5, 0.6) is 0 Å². The second kappa shape index (κ2) is 4.05. The van der Waals surface area contributed by atoms with Gasteiger partial charge < -0.3 is 9.30 Å². The van der Waals surface area contributed by atoms with Gasteiger partial charge in [0.05, 0.1) is 24.3 Å². The van der Waals surface area contributed by atoms with Gasteiger partial charge >= 0.3 is 0 Å². The first-order chi connectivity index (χ1) is 8.97. The fourth-order valence-electron chi connectivity index (χ4n) is 2.43. The molecule has 0 saturated carbocycles. The molecule has 0 unspecified atom stereocenters. The molecule has 0 N–H and O–H groups in total. The minimum atomic E-state index is -0.869. The van der Waals surface area contributed by atoms with Crippen molar-refractivity contribution in [2.24, 2.45) is 0 Å². The number of rotatable bonds is 1. The summed E-state index contributed by atoms with van der Waals surface area (Å²) in [5.74, 6) is -0.107. The third-order valence-electron chi connectivity index (χ3n) is 3.75. The van der Waals surface area contributed by atoms with E-state index in [4.69, 9.17) is 0 Å². The molecule has 1 fully saturated rings. The van der Waals surface area contributed by atoms with Crippen LogP contribution in [0.3, 0.4) is 0 Å². The second-order valence-corrected chi connectivity index (χ2v) is 5.20. The first-order valence-electron chi connectivity index (χ1n) is 6.36. The minimum absolute atomic E-state index is 0.107. The topological polar surface area (TPSA) is 37.6 Å². The Morgan fingerprint density at radius 1 is 1.37 bits per heavy atom. The number of hydrogen-bond acceptors (Lipinski definition) is 2. The Kier molecular flexibility index (Phi) is 2.59. The molecule has 4 nitrogen and oxygen atoms in total. The number of likely N-dealkylation sites (tertiary alicyclic amines) is 1. The van der Waals surface area contributed by atoms with Gasteiger partial charge in [-0.25, -0.2) is 9.37 Å². The molecule has 0 aliphatic carbocycles. The van der Waals surface area contributed by atoms with Crippen molar-refractivity contribution < 1.29 is 9.18 Å². The number of halogens is 1. The zero-order chi connectivity index (χ0) is 13.7. The first kappa shape index (κ1) is 12.1. The number of pyridine rings is 1. The summed E-state index contributed by atoms with van der Waals surface area (Å²) in [5.41, 5.74) is 4.41. The van der Waals surface area contributed by atoms with E-state index in [2.05, 4.69) is 4.98 Å². The van der Waals surface area contributed by atoms with Crippen molar-refractivity contribution in [2.45, 2.75) is 26.9 Å². The Morgan fingerprint density at radius 3 is 2.68 bits per heavy atom. The summed E-state index contributed by atoms with van der Waals surface area (Å²) in [6, 6.07) is 1.83. The molecule has 1 saturated heterocycles. The van der Waals surface area contributed by atoms with E-state index >= 15 is 0 Å². The lowest BCUT2D eigenvalue weighted by Crippen LogP contribution is -2.51. The molecule has 0 atom stereocenters. The molecule has 2 aromatic rings. The molecule has 0 aromatic carbocycles. The largest absolute Gasteiger partial charge is 0.333 e. The molecule has 1 amide bonds. The monoisotopic (exact) mass is 261 g/mol. The van der Waals surface area contributed by atoms with Crippen LogP contribution in [0.4, 0.5) is 4.39 Å². The summed E-state index contributed by atoms with van der Waals surface area (Å²) in [6.45, 7) is 6.28. The maximum absolute atomic E-state index is 12.8. The Balaban J connectivity index is 2.05. The van der Waals surface area contributed by atoms with Gasteiger partial charge in [-0.3, -0.25) is 4.79 Å². The van der Waals surface area contributed by atoms with Gasteiger partial charge in [0.1, 0.15) is 11.8 Å². The molecular formula is C14H16FN3O. The Bertz CT molecular complexity index is 671. The van der Waals surface area contributed by atoms with Gasteiger partial charge in [0.2, 0.25) is 0 Å². The number of aryl methyl sites for hydroxylation is 3. The Morgan fingerprint density at radius 2 is 2.05 bits per heavy atom. The number of imidazole rings is 1. The van der Waals surface area contributed by atoms with Crippen LogP contribution in [0.25, 0.3) is 5.65 Å². The SMILES string of the molecule is Cc1nc2c(C)cc(C(=O)N3CC(F)C3)cn2c1C. The number of fused-ring (bicyclic) bond motifs is 1. The van der Waals surface area contributed by atoms with E-state index in [0.717, 1.165) is 22.6 Å². The van der Waals surface area contributed by atoms with Crippen molar-refractivity contribution in [3.63, 3.8) is 0 Å². The van der Waals surface area contributed by atoms with Crippen molar-refractivity contribution in [1.29, 1.82) is 0 Å². The summed E-state index contributed by atoms with van der Waals surface area (Å²) in [4.78, 5) is 18.2. The number of nitrogens with zero attached hydrogens (tertiary/aromatic N) is 3. The summed E-state index contributed by atoms with van der Waals surface area (Å²) < 4.78 is 14.8. The summed E-state index contributed by atoms with van der Waals surface area (Å²) in [7, 11) is 0. The van der Waals surface area contributed by atoms with Crippen LogP contribution in [0.2, 0.25) is 0 Å². The van der Waals surface area contributed by atoms with E-state index in [0.29, 0.717) is 5.56 Å². The van der Waals surface area contributed by atoms with Crippen LogP contribution in [0.1, 0.15) is 27.3 Å². The second-order valence-electron chi connectivity index (χ2n) is 5.20. The van der Waals surface area contributed by atoms with E-state index < -0.39 is 6.17 Å². The van der Waals surface area contributed by atoms with Gasteiger partial charge in [-0.2, -0.15) is 0 Å². The van der Waals surface area contributed by atoms with Crippen LogP contribution in [0.15, 0.2) is 12.3 Å². The minimum Gasteiger partial charge on any atom is -0.333 e. The maximum Gasteiger partial charge on any atom is 0.255 e. The molecule has 0 bridgehead atoms. The molecule has 1 aliphatic heterocycles. The quantitative estimate of drug-likeness (QED) is 0.788. The zero-order valence-corrected chi connectivity index (χ0v) is 11.3. The molecule has 19 heavy (non-hydrogen) atoms. The normalized spacial score (nSPS) is 15.9. The van der Waals surface area contributed by atoms with Gasteiger partial charge in [-0.1, -0.05) is 0 Å². The highest BCUT2D eigenvalue weighted by molar-refractivity contribution is 5.95. The van der Waals surface area contributed by atoms with Gasteiger partial charge in [0.15, 0.2) is 0 Å². The lowest BCUT2D eigenvalue weighted by molar-refractivity contribution is 0.0399. The zero-order valence-electron chi connectivity index (χ0n) is 11.3. The molecule has 0 radical (unpaired) electrons. The van der Waals surface area contributed by atoms with Gasteiger partial charge in [-0.05, 0) is 32.4 Å². The van der Waals surface area contributed by atoms with Crippen molar-refractivity contribution in [2.75, 3.05) is 13.1 Å². The number of alkyl halides is 1. The third-order valence-corrected chi connectivity index (χ3v) is 3.75. The van der Waals surface area contributed by atoms with E-state index in [-0.39, 0.29) is 19.0 Å². The van der Waals surface area contributed by atoms with Crippen molar-refractivity contribution in [3.8, 4) is 0 Å². The Labute approximate surface area is 110 Å². The maximum atomic E-state index is 12.8. The van der Waals surface area contributed by atoms with E-state index in [1.54, 1.807) is 6.20 Å². The van der Waals surface area contributed by atoms with E-state index in [1.807, 2.05) is 31.2 Å². The smallest absolute Gasteiger partial charge is 0.255 e. The number of aromatic nitrogens is 2. The lowest BCUT2D eigenvalue weighted by atomic mass is 10.1. The standard InChI is InChI=1S/C14H16FN3O/c1-8-4-11(14(19)17-6-12(15)7-17)5-18-10(3)9(2)16-13(8)18/h4-5,12H,6-7H2,1-3H3. The van der Waals surface area contributed by atoms with Gasteiger partial charge in [0.25, 0.3) is 5.91 Å². The predicted octanol–water partition coefficient (Wildman–Crippen LogP) is 2.05. The van der Waals surface area contributed by atoms with Crippen LogP contribution in [-0.2, 0) is 0 Å². The lowest BCUT2D eigenvalue weighted by Gasteiger charge is -2.34. The number of hydrogen-bond donors (Lipinski definition) is 0. The number of carbonyl (C=O) groups is 1. The molecular weight excluding hydrogens is 245 g/mol. The molecule has 5 heteroatoms. The third kappa shape index (κ3) is 1.80. The van der Waals surface area contributed by atoms with Crippen LogP contribution < -0.4 is 0 Å². The highest BCUT2D eigenvalue weighted by Gasteiger charge is 2.31. The summed E-state index contributed by atoms with van der Waals surface area (Å²) >= 11 is 0. The van der Waals surface area contributed by atoms with E-state index in [1.165, 1.54) is 4.90 Å². The molecule has 2 aromatic heterocycles. The molecule has 3 heterocycles. The summed E-state index contributed by atoms with van der Waals surface area (Å²) in [6.07, 6.45) is 0.928. The highest BCUT2D eigenvalue weighted by Crippen LogP contribution is 2.20. The average molecular weight is 261 g/mol. The van der Waals surface area contributed by atoms with E-state index in [9.17, 15) is 9.18 Å². The van der Waals surface area contributed by atoms with Crippen molar-refractivity contribution in [3.05, 3.63) is 34.8 Å². The molecule has 3 rings (SSSR count). The molecule has 1 aliphatic rings. The first-order valence-corrected chi connectivity index (χ1v) is 6.36. The van der Waals surface area contributed by atoms with Crippen LogP contribution >= 0.6 is 0 Å². The van der Waals surface area contributed by atoms with Crippen LogP contribution in [0, 0.1) is 20.8 Å². The number of amides is 1. The average Bonchev–Trinajstić information content (AvgIpc) is 2.62. The highest BCUT2D eigenvalue weighted by atomic mass is 19.1.